The number of fused-ring (bicyclic) bond motifs is 1. The second-order valence-corrected chi connectivity index (χ2v) is 10.3. The van der Waals surface area contributed by atoms with E-state index in [0.717, 1.165) is 16.1 Å². The van der Waals surface area contributed by atoms with Crippen LogP contribution in [0.25, 0.3) is 0 Å². The van der Waals surface area contributed by atoms with Crippen LogP contribution in [0.2, 0.25) is 0 Å². The van der Waals surface area contributed by atoms with Crippen LogP contribution < -0.4 is 14.4 Å². The van der Waals surface area contributed by atoms with Crippen LogP contribution in [-0.4, -0.2) is 62.3 Å². The fourth-order valence-corrected chi connectivity index (χ4v) is 5.77. The van der Waals surface area contributed by atoms with Crippen molar-refractivity contribution in [3.63, 3.8) is 0 Å². The minimum absolute atomic E-state index is 0.232. The molecule has 1 amide bonds. The number of anilines is 1. The van der Waals surface area contributed by atoms with Gasteiger partial charge >= 0.3 is 5.97 Å². The van der Waals surface area contributed by atoms with Crippen LogP contribution in [0, 0.1) is 0 Å². The van der Waals surface area contributed by atoms with E-state index >= 15 is 0 Å². The average Bonchev–Trinajstić information content (AvgIpc) is 2.93. The van der Waals surface area contributed by atoms with Crippen molar-refractivity contribution in [2.45, 2.75) is 63.0 Å². The molecule has 0 N–H and O–H groups in total. The van der Waals surface area contributed by atoms with E-state index < -0.39 is 17.3 Å². The van der Waals surface area contributed by atoms with E-state index in [2.05, 4.69) is 32.6 Å². The molecule has 1 aliphatic rings. The summed E-state index contributed by atoms with van der Waals surface area (Å²) in [6.07, 6.45) is -0.976. The Morgan fingerprint density at radius 2 is 1.60 bits per heavy atom. The molecular weight excluding hydrogens is 464 g/mol. The van der Waals surface area contributed by atoms with Crippen LogP contribution >= 0.6 is 11.8 Å². The first-order chi connectivity index (χ1) is 16.7. The molecule has 7 nitrogen and oxygen atoms in total. The lowest BCUT2D eigenvalue weighted by molar-refractivity contribution is -0.152. The molecule has 0 aliphatic carbocycles. The third-order valence-corrected chi connectivity index (χ3v) is 7.50. The highest BCUT2D eigenvalue weighted by atomic mass is 32.2. The average molecular weight is 501 g/mol. The van der Waals surface area contributed by atoms with Crippen LogP contribution in [0.4, 0.5) is 5.69 Å². The first kappa shape index (κ1) is 26.9. The maximum absolute atomic E-state index is 14.0. The van der Waals surface area contributed by atoms with Crippen LogP contribution in [0.1, 0.15) is 45.4 Å². The number of amides is 1. The van der Waals surface area contributed by atoms with Crippen molar-refractivity contribution in [1.82, 2.24) is 4.90 Å². The molecule has 2 aromatic rings. The van der Waals surface area contributed by atoms with E-state index in [1.54, 1.807) is 19.1 Å². The molecule has 0 spiro atoms. The first-order valence-corrected chi connectivity index (χ1v) is 12.8. The van der Waals surface area contributed by atoms with Crippen molar-refractivity contribution in [2.75, 3.05) is 32.2 Å². The summed E-state index contributed by atoms with van der Waals surface area (Å²) in [6.45, 7) is 11.1. The minimum atomic E-state index is -0.976. The Hall–Kier alpha value is -2.71. The topological polar surface area (TPSA) is 68.3 Å². The number of hydrogen-bond acceptors (Lipinski definition) is 7. The summed E-state index contributed by atoms with van der Waals surface area (Å²) in [6, 6.07) is 13.9. The van der Waals surface area contributed by atoms with Gasteiger partial charge in [-0.2, -0.15) is 0 Å². The molecule has 0 saturated heterocycles. The summed E-state index contributed by atoms with van der Waals surface area (Å²) < 4.78 is 16.5. The van der Waals surface area contributed by atoms with Crippen LogP contribution in [0.5, 0.6) is 11.5 Å². The second kappa shape index (κ2) is 11.8. The monoisotopic (exact) mass is 500 g/mol. The molecule has 3 rings (SSSR count). The van der Waals surface area contributed by atoms with E-state index in [9.17, 15) is 9.59 Å². The first-order valence-electron chi connectivity index (χ1n) is 11.9. The SMILES string of the molecule is COc1ccc([C@H]2Sc3cc(OC)ccc3N(CCN(C(C)C)C(C)C)C(=O)[C@H]2OC(C)=O)cc1. The van der Waals surface area contributed by atoms with Crippen LogP contribution in [0.3, 0.4) is 0 Å². The lowest BCUT2D eigenvalue weighted by Crippen LogP contribution is -2.48. The van der Waals surface area contributed by atoms with E-state index in [4.69, 9.17) is 14.2 Å². The van der Waals surface area contributed by atoms with Gasteiger partial charge in [0.05, 0.1) is 25.2 Å². The highest BCUT2D eigenvalue weighted by molar-refractivity contribution is 7.99. The quantitative estimate of drug-likeness (QED) is 0.452. The maximum Gasteiger partial charge on any atom is 0.303 e. The Bertz CT molecular complexity index is 1020. The van der Waals surface area contributed by atoms with Gasteiger partial charge in [0, 0.05) is 37.0 Å². The summed E-state index contributed by atoms with van der Waals surface area (Å²) in [5.41, 5.74) is 1.67. The Morgan fingerprint density at radius 3 is 2.14 bits per heavy atom. The summed E-state index contributed by atoms with van der Waals surface area (Å²) >= 11 is 1.50. The molecule has 35 heavy (non-hydrogen) atoms. The number of carbonyl (C=O) groups is 2. The van der Waals surface area contributed by atoms with Gasteiger partial charge in [0.25, 0.3) is 5.91 Å². The zero-order valence-corrected chi connectivity index (χ0v) is 22.4. The molecule has 1 heterocycles. The number of methoxy groups -OCH3 is 2. The standard InChI is InChI=1S/C27H36N2O5S/c1-17(2)28(18(3)4)14-15-29-23-13-12-22(33-7)16-24(23)35-26(25(27(29)31)34-19(5)30)20-8-10-21(32-6)11-9-20/h8-13,16-18,25-26H,14-15H2,1-7H3/t25-,26+/m0/s1. The third-order valence-electron chi connectivity index (χ3n) is 6.14. The van der Waals surface area contributed by atoms with E-state index in [1.165, 1.54) is 18.7 Å². The molecule has 0 aromatic heterocycles. The fraction of sp³-hybridized carbons (Fsp3) is 0.481. The lowest BCUT2D eigenvalue weighted by atomic mass is 10.1. The van der Waals surface area contributed by atoms with Crippen molar-refractivity contribution in [3.05, 3.63) is 48.0 Å². The zero-order chi connectivity index (χ0) is 25.7. The molecule has 2 atom stereocenters. The molecule has 0 radical (unpaired) electrons. The predicted octanol–water partition coefficient (Wildman–Crippen LogP) is 4.93. The van der Waals surface area contributed by atoms with Gasteiger partial charge in [-0.05, 0) is 63.6 Å². The van der Waals surface area contributed by atoms with E-state index in [0.29, 0.717) is 36.7 Å². The lowest BCUT2D eigenvalue weighted by Gasteiger charge is -2.34. The number of hydrogen-bond donors (Lipinski definition) is 0. The molecule has 2 aromatic carbocycles. The smallest absolute Gasteiger partial charge is 0.303 e. The van der Waals surface area contributed by atoms with Gasteiger partial charge in [-0.3, -0.25) is 14.5 Å². The number of rotatable bonds is 9. The van der Waals surface area contributed by atoms with Crippen molar-refractivity contribution in [1.29, 1.82) is 0 Å². The molecule has 0 saturated carbocycles. The van der Waals surface area contributed by atoms with E-state index in [-0.39, 0.29) is 5.91 Å². The van der Waals surface area contributed by atoms with Gasteiger partial charge in [0.15, 0.2) is 6.10 Å². The Kier molecular flexibility index (Phi) is 9.08. The number of nitrogens with zero attached hydrogens (tertiary/aromatic N) is 2. The maximum atomic E-state index is 14.0. The number of ether oxygens (including phenoxy) is 3. The Labute approximate surface area is 212 Å². The largest absolute Gasteiger partial charge is 0.497 e. The minimum Gasteiger partial charge on any atom is -0.497 e. The molecule has 190 valence electrons. The van der Waals surface area contributed by atoms with Gasteiger partial charge < -0.3 is 19.1 Å². The molecule has 0 fully saturated rings. The summed E-state index contributed by atoms with van der Waals surface area (Å²) in [5.74, 6) is 0.699. The van der Waals surface area contributed by atoms with Crippen molar-refractivity contribution in [2.24, 2.45) is 0 Å². The molecule has 8 heteroatoms. The molecule has 0 unspecified atom stereocenters. The van der Waals surface area contributed by atoms with Gasteiger partial charge in [0.1, 0.15) is 11.5 Å². The molecule has 1 aliphatic heterocycles. The van der Waals surface area contributed by atoms with Crippen molar-refractivity contribution < 1.29 is 23.8 Å². The Balaban J connectivity index is 2.08. The molecular formula is C27H36N2O5S. The van der Waals surface area contributed by atoms with Crippen molar-refractivity contribution >= 4 is 29.3 Å². The zero-order valence-electron chi connectivity index (χ0n) is 21.6. The highest BCUT2D eigenvalue weighted by Crippen LogP contribution is 2.48. The fourth-order valence-electron chi connectivity index (χ4n) is 4.43. The number of esters is 1. The van der Waals surface area contributed by atoms with Crippen LogP contribution in [0.15, 0.2) is 47.4 Å². The van der Waals surface area contributed by atoms with Gasteiger partial charge in [0.2, 0.25) is 0 Å². The number of carbonyl (C=O) groups excluding carboxylic acids is 2. The van der Waals surface area contributed by atoms with Gasteiger partial charge in [-0.15, -0.1) is 11.8 Å². The van der Waals surface area contributed by atoms with E-state index in [1.807, 2.05) is 42.5 Å². The number of benzene rings is 2. The second-order valence-electron chi connectivity index (χ2n) is 9.09. The summed E-state index contributed by atoms with van der Waals surface area (Å²) in [5, 5.41) is -0.431. The van der Waals surface area contributed by atoms with Gasteiger partial charge in [-0.25, -0.2) is 0 Å². The van der Waals surface area contributed by atoms with Gasteiger partial charge in [-0.1, -0.05) is 12.1 Å². The van der Waals surface area contributed by atoms with Crippen LogP contribution in [-0.2, 0) is 14.3 Å². The molecule has 0 bridgehead atoms. The highest BCUT2D eigenvalue weighted by Gasteiger charge is 2.41. The predicted molar refractivity (Wildman–Crippen MR) is 139 cm³/mol. The summed E-state index contributed by atoms with van der Waals surface area (Å²) in [4.78, 5) is 31.1. The normalized spacial score (nSPS) is 18.0. The third kappa shape index (κ3) is 6.30. The van der Waals surface area contributed by atoms with Crippen molar-refractivity contribution in [3.8, 4) is 11.5 Å². The number of thioether (sulfide) groups is 1. The Morgan fingerprint density at radius 1 is 1.00 bits per heavy atom. The summed E-state index contributed by atoms with van der Waals surface area (Å²) in [7, 11) is 3.23.